The van der Waals surface area contributed by atoms with Crippen LogP contribution < -0.4 is 10.6 Å². The third-order valence-corrected chi connectivity index (χ3v) is 8.78. The number of fused-ring (bicyclic) bond motifs is 3. The molecule has 2 unspecified atom stereocenters. The molecule has 0 aromatic heterocycles. The average molecular weight is 562 g/mol. The predicted octanol–water partition coefficient (Wildman–Crippen LogP) is 1.82. The van der Waals surface area contributed by atoms with Crippen molar-refractivity contribution in [2.45, 2.75) is 37.3 Å². The van der Waals surface area contributed by atoms with Crippen LogP contribution in [0, 0.1) is 11.8 Å². The van der Waals surface area contributed by atoms with Gasteiger partial charge in [0.15, 0.2) is 11.4 Å². The molecule has 1 saturated carbocycles. The topological polar surface area (TPSA) is 165 Å². The van der Waals surface area contributed by atoms with Crippen molar-refractivity contribution in [3.05, 3.63) is 75.6 Å². The second-order valence-electron chi connectivity index (χ2n) is 11.6. The zero-order chi connectivity index (χ0) is 30.0. The standard InChI is InChI=1S/C31H35N3O7/c1-33(2)20-14-16(11-10-15-8-6-5-7-9-15)25(35)22-18(20)12-17-13-19-24(34(3)4)27(37)23(30(32)40)29(39)31(19,41)28(38)21(17)26(22)36/h5-9,14,17,19,24,35-36,39,41H,10-13H2,1-4H3,(H2,32,40)/t17?,19?,24-,31-/m0/s1. The first-order chi connectivity index (χ1) is 19.3. The lowest BCUT2D eigenvalue weighted by Gasteiger charge is -2.50. The summed E-state index contributed by atoms with van der Waals surface area (Å²) in [7, 11) is 6.86. The molecule has 4 atom stereocenters. The van der Waals surface area contributed by atoms with Gasteiger partial charge in [0.2, 0.25) is 5.78 Å². The molecule has 3 aliphatic carbocycles. The SMILES string of the molecule is CN(C)c1cc(CCc2ccccc2)c(O)c2c1CC1CC3[C@H](N(C)C)C(=O)C(C(N)=O)=C(O)[C@@]3(O)C(=O)C1=C2O. The third kappa shape index (κ3) is 4.20. The van der Waals surface area contributed by atoms with Crippen LogP contribution in [-0.4, -0.2) is 82.6 Å². The molecule has 3 aliphatic rings. The molecule has 216 valence electrons. The Morgan fingerprint density at radius 3 is 2.29 bits per heavy atom. The summed E-state index contributed by atoms with van der Waals surface area (Å²) in [5, 5.41) is 45.9. The number of nitrogens with zero attached hydrogens (tertiary/aromatic N) is 2. The van der Waals surface area contributed by atoms with E-state index in [2.05, 4.69) is 0 Å². The number of carbonyl (C=O) groups excluding carboxylic acids is 3. The maximum Gasteiger partial charge on any atom is 0.255 e. The number of aryl methyl sites for hydroxylation is 2. The van der Waals surface area contributed by atoms with Crippen molar-refractivity contribution in [3.8, 4) is 5.75 Å². The smallest absolute Gasteiger partial charge is 0.255 e. The van der Waals surface area contributed by atoms with Crippen molar-refractivity contribution >= 4 is 28.9 Å². The van der Waals surface area contributed by atoms with Crippen LogP contribution in [0.3, 0.4) is 0 Å². The first kappa shape index (κ1) is 28.4. The Morgan fingerprint density at radius 2 is 1.71 bits per heavy atom. The number of likely N-dealkylation sites (N-methyl/N-ethyl adjacent to an activating group) is 1. The largest absolute Gasteiger partial charge is 0.508 e. The van der Waals surface area contributed by atoms with Gasteiger partial charge in [0.1, 0.15) is 22.8 Å². The van der Waals surface area contributed by atoms with Gasteiger partial charge in [-0.1, -0.05) is 30.3 Å². The summed E-state index contributed by atoms with van der Waals surface area (Å²) in [4.78, 5) is 42.9. The van der Waals surface area contributed by atoms with E-state index in [1.54, 1.807) is 14.1 Å². The van der Waals surface area contributed by atoms with E-state index in [0.29, 0.717) is 24.0 Å². The number of hydrogen-bond acceptors (Lipinski definition) is 9. The highest BCUT2D eigenvalue weighted by atomic mass is 16.3. The van der Waals surface area contributed by atoms with E-state index in [1.807, 2.05) is 55.4 Å². The van der Waals surface area contributed by atoms with Crippen molar-refractivity contribution in [1.82, 2.24) is 4.90 Å². The van der Waals surface area contributed by atoms with Crippen LogP contribution in [0.5, 0.6) is 5.75 Å². The van der Waals surface area contributed by atoms with Crippen molar-refractivity contribution in [3.63, 3.8) is 0 Å². The number of carbonyl (C=O) groups is 3. The van der Waals surface area contributed by atoms with E-state index < -0.39 is 58.0 Å². The Morgan fingerprint density at radius 1 is 1.05 bits per heavy atom. The first-order valence-electron chi connectivity index (χ1n) is 13.5. The molecule has 6 N–H and O–H groups in total. The van der Waals surface area contributed by atoms with Crippen molar-refractivity contribution < 1.29 is 34.8 Å². The highest BCUT2D eigenvalue weighted by Crippen LogP contribution is 2.54. The third-order valence-electron chi connectivity index (χ3n) is 8.78. The Hall–Kier alpha value is -4.15. The molecule has 0 heterocycles. The van der Waals surface area contributed by atoms with Gasteiger partial charge in [0, 0.05) is 31.3 Å². The molecule has 1 amide bonds. The fourth-order valence-electron chi connectivity index (χ4n) is 6.86. The molecule has 10 heteroatoms. The van der Waals surface area contributed by atoms with E-state index >= 15 is 0 Å². The molecule has 0 saturated heterocycles. The number of ketones is 2. The van der Waals surface area contributed by atoms with Gasteiger partial charge in [-0.15, -0.1) is 0 Å². The molecular weight excluding hydrogens is 526 g/mol. The number of anilines is 1. The number of Topliss-reactive ketones (excluding diaryl/α,β-unsaturated/α-hetero) is 2. The fraction of sp³-hybridized carbons (Fsp3) is 0.387. The molecule has 0 radical (unpaired) electrons. The van der Waals surface area contributed by atoms with Crippen molar-refractivity contribution in [2.24, 2.45) is 17.6 Å². The van der Waals surface area contributed by atoms with Crippen LogP contribution in [-0.2, 0) is 33.6 Å². The number of phenolic OH excluding ortho intramolecular Hbond substituents is 1. The van der Waals surface area contributed by atoms with Gasteiger partial charge in [0.05, 0.1) is 11.6 Å². The minimum atomic E-state index is -2.66. The molecule has 1 fully saturated rings. The molecule has 41 heavy (non-hydrogen) atoms. The van der Waals surface area contributed by atoms with E-state index in [9.17, 15) is 34.8 Å². The number of primary amides is 1. The van der Waals surface area contributed by atoms with Crippen LogP contribution in [0.1, 0.15) is 28.7 Å². The normalized spacial score (nSPS) is 25.7. The number of aliphatic hydroxyl groups is 3. The summed E-state index contributed by atoms with van der Waals surface area (Å²) < 4.78 is 0. The summed E-state index contributed by atoms with van der Waals surface area (Å²) in [6.45, 7) is 0. The predicted molar refractivity (Wildman–Crippen MR) is 152 cm³/mol. The van der Waals surface area contributed by atoms with Gasteiger partial charge >= 0.3 is 0 Å². The van der Waals surface area contributed by atoms with Gasteiger partial charge < -0.3 is 31.1 Å². The zero-order valence-corrected chi connectivity index (χ0v) is 23.5. The van der Waals surface area contributed by atoms with E-state index in [-0.39, 0.29) is 29.7 Å². The molecule has 5 rings (SSSR count). The first-order valence-corrected chi connectivity index (χ1v) is 13.5. The lowest BCUT2D eigenvalue weighted by Crippen LogP contribution is -2.65. The Balaban J connectivity index is 1.68. The lowest BCUT2D eigenvalue weighted by atomic mass is 9.57. The second kappa shape index (κ2) is 10.0. The minimum Gasteiger partial charge on any atom is -0.508 e. The monoisotopic (exact) mass is 561 g/mol. The Bertz CT molecular complexity index is 1530. The van der Waals surface area contributed by atoms with Gasteiger partial charge in [-0.25, -0.2) is 0 Å². The minimum absolute atomic E-state index is 0.0507. The molecule has 2 aromatic carbocycles. The molecular formula is C31H35N3O7. The van der Waals surface area contributed by atoms with Crippen LogP contribution in [0.4, 0.5) is 5.69 Å². The maximum atomic E-state index is 14.1. The highest BCUT2D eigenvalue weighted by Gasteiger charge is 2.64. The van der Waals surface area contributed by atoms with Crippen LogP contribution in [0.25, 0.3) is 5.76 Å². The van der Waals surface area contributed by atoms with Gasteiger partial charge in [0.25, 0.3) is 5.91 Å². The number of hydrogen-bond donors (Lipinski definition) is 5. The number of nitrogens with two attached hydrogens (primary N) is 1. The number of benzene rings is 2. The quantitative estimate of drug-likeness (QED) is 0.331. The summed E-state index contributed by atoms with van der Waals surface area (Å²) in [6.07, 6.45) is 1.40. The molecule has 2 aromatic rings. The van der Waals surface area contributed by atoms with E-state index in [0.717, 1.165) is 11.3 Å². The number of aromatic hydroxyl groups is 1. The van der Waals surface area contributed by atoms with Crippen LogP contribution >= 0.6 is 0 Å². The average Bonchev–Trinajstić information content (AvgIpc) is 2.90. The highest BCUT2D eigenvalue weighted by molar-refractivity contribution is 6.24. The maximum absolute atomic E-state index is 14.1. The molecule has 10 nitrogen and oxygen atoms in total. The Kier molecular flexibility index (Phi) is 6.95. The number of amides is 1. The van der Waals surface area contributed by atoms with Gasteiger partial charge in [-0.2, -0.15) is 0 Å². The van der Waals surface area contributed by atoms with Gasteiger partial charge in [-0.05, 0) is 68.5 Å². The number of rotatable bonds is 6. The number of aliphatic hydroxyl groups excluding tert-OH is 2. The number of phenols is 1. The summed E-state index contributed by atoms with van der Waals surface area (Å²) in [5.74, 6) is -6.51. The van der Waals surface area contributed by atoms with E-state index in [4.69, 9.17) is 5.73 Å². The molecule has 0 aliphatic heterocycles. The van der Waals surface area contributed by atoms with E-state index in [1.165, 1.54) is 4.90 Å². The zero-order valence-electron chi connectivity index (χ0n) is 23.5. The fourth-order valence-corrected chi connectivity index (χ4v) is 6.86. The summed E-state index contributed by atoms with van der Waals surface area (Å²) >= 11 is 0. The van der Waals surface area contributed by atoms with Crippen molar-refractivity contribution in [1.29, 1.82) is 0 Å². The lowest BCUT2D eigenvalue weighted by molar-refractivity contribution is -0.153. The second-order valence-corrected chi connectivity index (χ2v) is 11.6. The molecule has 0 spiro atoms. The van der Waals surface area contributed by atoms with Crippen LogP contribution in [0.2, 0.25) is 0 Å². The Labute approximate surface area is 238 Å². The van der Waals surface area contributed by atoms with Crippen LogP contribution in [0.15, 0.2) is 53.3 Å². The summed E-state index contributed by atoms with van der Waals surface area (Å²) in [5.41, 5.74) is 4.92. The van der Waals surface area contributed by atoms with Crippen molar-refractivity contribution in [2.75, 3.05) is 33.1 Å². The van der Waals surface area contributed by atoms with Gasteiger partial charge in [-0.3, -0.25) is 19.3 Å². The summed E-state index contributed by atoms with van der Waals surface area (Å²) in [6, 6.07) is 10.5. The molecule has 0 bridgehead atoms.